The number of nitrogen functional groups attached to an aromatic ring is 2. The number of carbonyl (C=O) groups excluding carboxylic acids is 1. The van der Waals surface area contributed by atoms with E-state index < -0.39 is 82.4 Å². The maximum Gasteiger partial charge on any atom is 0.472 e. The minimum Gasteiger partial charge on any atom is -0.480 e. The standard InChI is InChI=1S/C19H26N8O11P2.C10H20N2O4/c20-13-3-4-26(19(28)25-13)15-5-11(12(37-15)7-34-39(29,30)31)38-40(32,33)35-6-10-1-2-14(36-10)27-9-24-16-17(21)22-8-23-18(16)27;1-10(2,3)16-9(15)12-7(8(13)14)5-4-6-11/h3-4,8-12,14-15H,1-2,5-7H2,(H,32,33)(H2,20,25,28)(H2,21,22,23)(H2,29,30,31);7H,4-6,11H2,1-3H3,(H,12,15)(H,13,14)/t10?,11-,12?,14?,15?;/m0./s1. The van der Waals surface area contributed by atoms with Gasteiger partial charge in [-0.1, -0.05) is 0 Å². The van der Waals surface area contributed by atoms with Crippen LogP contribution >= 0.6 is 15.6 Å². The quantitative estimate of drug-likeness (QED) is 0.0967. The molecule has 7 atom stereocenters. The van der Waals surface area contributed by atoms with Crippen LogP contribution in [0.4, 0.5) is 16.4 Å². The number of rotatable bonds is 15. The molecule has 5 heterocycles. The lowest BCUT2D eigenvalue weighted by Gasteiger charge is -2.22. The number of carbonyl (C=O) groups is 2. The van der Waals surface area contributed by atoms with Crippen molar-refractivity contribution in [2.75, 3.05) is 31.2 Å². The lowest BCUT2D eigenvalue weighted by molar-refractivity contribution is -0.139. The van der Waals surface area contributed by atoms with Crippen molar-refractivity contribution in [3.05, 3.63) is 35.4 Å². The second-order valence-electron chi connectivity index (χ2n) is 13.4. The summed E-state index contributed by atoms with van der Waals surface area (Å²) < 4.78 is 58.2. The monoisotopic (exact) mass is 836 g/mol. The molecule has 0 aromatic carbocycles. The van der Waals surface area contributed by atoms with Crippen LogP contribution in [0.2, 0.25) is 0 Å². The number of nitrogens with two attached hydrogens (primary N) is 3. The number of amides is 1. The van der Waals surface area contributed by atoms with E-state index in [4.69, 9.17) is 55.4 Å². The Kier molecular flexibility index (Phi) is 15.0. The molecule has 5 rings (SSSR count). The Morgan fingerprint density at radius 1 is 1.05 bits per heavy atom. The van der Waals surface area contributed by atoms with Crippen LogP contribution in [0.1, 0.15) is 65.3 Å². The number of hydrogen-bond acceptors (Lipinski definition) is 18. The molecule has 3 aromatic rings. The highest BCUT2D eigenvalue weighted by atomic mass is 31.2. The zero-order chi connectivity index (χ0) is 41.4. The van der Waals surface area contributed by atoms with Gasteiger partial charge in [0.2, 0.25) is 0 Å². The van der Waals surface area contributed by atoms with Gasteiger partial charge in [0.05, 0.1) is 25.6 Å². The van der Waals surface area contributed by atoms with Gasteiger partial charge in [-0.25, -0.2) is 38.5 Å². The number of anilines is 2. The number of phosphoric ester groups is 2. The van der Waals surface area contributed by atoms with Gasteiger partial charge in [-0.2, -0.15) is 4.98 Å². The molecule has 2 saturated heterocycles. The van der Waals surface area contributed by atoms with Crippen LogP contribution in [-0.4, -0.2) is 111 Å². The molecule has 0 saturated carbocycles. The molecule has 11 N–H and O–H groups in total. The third-order valence-electron chi connectivity index (χ3n) is 7.91. The number of aromatic nitrogens is 6. The molecule has 312 valence electrons. The van der Waals surface area contributed by atoms with Crippen molar-refractivity contribution in [3.8, 4) is 0 Å². The van der Waals surface area contributed by atoms with E-state index in [0.29, 0.717) is 43.4 Å². The Labute approximate surface area is 318 Å². The molecule has 0 radical (unpaired) electrons. The number of ether oxygens (including phenoxy) is 3. The highest BCUT2D eigenvalue weighted by molar-refractivity contribution is 7.47. The molecular formula is C29H46N10O15P2. The van der Waals surface area contributed by atoms with Crippen LogP contribution in [0.3, 0.4) is 0 Å². The van der Waals surface area contributed by atoms with Crippen molar-refractivity contribution in [2.24, 2.45) is 5.73 Å². The van der Waals surface area contributed by atoms with E-state index in [1.807, 2.05) is 0 Å². The molecular weight excluding hydrogens is 790 g/mol. The minimum atomic E-state index is -4.91. The van der Waals surface area contributed by atoms with Crippen molar-refractivity contribution in [1.29, 1.82) is 0 Å². The number of carboxylic acids is 1. The van der Waals surface area contributed by atoms with Crippen LogP contribution in [0.5, 0.6) is 0 Å². The van der Waals surface area contributed by atoms with Crippen molar-refractivity contribution in [2.45, 2.75) is 95.3 Å². The molecule has 2 fully saturated rings. The number of fused-ring (bicyclic) bond motifs is 1. The highest BCUT2D eigenvalue weighted by Crippen LogP contribution is 2.49. The predicted molar refractivity (Wildman–Crippen MR) is 192 cm³/mol. The summed E-state index contributed by atoms with van der Waals surface area (Å²) >= 11 is 0. The van der Waals surface area contributed by atoms with E-state index in [-0.39, 0.29) is 24.7 Å². The summed E-state index contributed by atoms with van der Waals surface area (Å²) in [6.45, 7) is 4.51. The molecule has 2 aliphatic heterocycles. The first-order chi connectivity index (χ1) is 26.1. The van der Waals surface area contributed by atoms with Crippen LogP contribution in [-0.2, 0) is 41.7 Å². The molecule has 1 amide bonds. The molecule has 0 spiro atoms. The Morgan fingerprint density at radius 3 is 2.43 bits per heavy atom. The van der Waals surface area contributed by atoms with Gasteiger partial charge in [-0.05, 0) is 59.1 Å². The van der Waals surface area contributed by atoms with Crippen molar-refractivity contribution in [1.82, 2.24) is 34.4 Å². The Morgan fingerprint density at radius 2 is 1.79 bits per heavy atom. The molecule has 25 nitrogen and oxygen atoms in total. The third kappa shape index (κ3) is 13.2. The number of phosphoric acid groups is 2. The van der Waals surface area contributed by atoms with Gasteiger partial charge >= 0.3 is 33.4 Å². The molecule has 3 aromatic heterocycles. The third-order valence-corrected chi connectivity index (χ3v) is 9.41. The second-order valence-corrected chi connectivity index (χ2v) is 16.1. The molecule has 56 heavy (non-hydrogen) atoms. The lowest BCUT2D eigenvalue weighted by Crippen LogP contribution is -2.43. The number of imidazole rings is 1. The highest BCUT2D eigenvalue weighted by Gasteiger charge is 2.43. The predicted octanol–water partition coefficient (Wildman–Crippen LogP) is 0.527. The SMILES string of the molecule is CC(C)(C)OC(=O)NC(CCCN)C(=O)O.Nc1ccn(C2C[C@H](OP(=O)(O)OCC3CCC(n4cnc5c(N)ncnc54)O3)C(COP(=O)(O)O)O2)c(=O)n1. The van der Waals surface area contributed by atoms with E-state index in [2.05, 4.69) is 29.8 Å². The summed E-state index contributed by atoms with van der Waals surface area (Å²) in [6, 6.07) is 0.391. The summed E-state index contributed by atoms with van der Waals surface area (Å²) in [4.78, 5) is 78.8. The summed E-state index contributed by atoms with van der Waals surface area (Å²) in [5.41, 5.74) is 16.1. The van der Waals surface area contributed by atoms with Gasteiger partial charge in [-0.15, -0.1) is 0 Å². The average molecular weight is 837 g/mol. The summed E-state index contributed by atoms with van der Waals surface area (Å²) in [7, 11) is -9.66. The van der Waals surface area contributed by atoms with E-state index in [0.717, 1.165) is 4.57 Å². The topological polar surface area (TPSA) is 373 Å². The van der Waals surface area contributed by atoms with E-state index in [1.54, 1.807) is 25.3 Å². The van der Waals surface area contributed by atoms with Gasteiger partial charge in [0.15, 0.2) is 11.5 Å². The van der Waals surface area contributed by atoms with Crippen LogP contribution in [0, 0.1) is 0 Å². The molecule has 0 bridgehead atoms. The first-order valence-electron chi connectivity index (χ1n) is 17.0. The maximum absolute atomic E-state index is 12.8. The number of hydrogen-bond donors (Lipinski definition) is 8. The Hall–Kier alpha value is -4.13. The first-order valence-corrected chi connectivity index (χ1v) is 20.0. The smallest absolute Gasteiger partial charge is 0.472 e. The second kappa shape index (κ2) is 18.9. The van der Waals surface area contributed by atoms with Crippen molar-refractivity contribution < 1.29 is 66.3 Å². The van der Waals surface area contributed by atoms with Crippen molar-refractivity contribution >= 4 is 50.5 Å². The van der Waals surface area contributed by atoms with Gasteiger partial charge in [0, 0.05) is 12.6 Å². The van der Waals surface area contributed by atoms with Crippen molar-refractivity contribution in [3.63, 3.8) is 0 Å². The minimum absolute atomic E-state index is 0.0308. The summed E-state index contributed by atoms with van der Waals surface area (Å²) in [5, 5.41) is 11.1. The van der Waals surface area contributed by atoms with Crippen LogP contribution in [0.25, 0.3) is 11.2 Å². The first kappa shape index (κ1) is 44.6. The van der Waals surface area contributed by atoms with Gasteiger partial charge in [0.25, 0.3) is 0 Å². The number of nitrogens with one attached hydrogen (secondary N) is 1. The average Bonchev–Trinajstić information content (AvgIpc) is 3.83. The summed E-state index contributed by atoms with van der Waals surface area (Å²) in [5.74, 6) is -0.892. The number of carboxylic acid groups (broad SMARTS) is 1. The zero-order valence-electron chi connectivity index (χ0n) is 30.5. The molecule has 2 aliphatic rings. The number of alkyl carbamates (subject to hydrolysis) is 1. The van der Waals surface area contributed by atoms with Crippen LogP contribution in [0.15, 0.2) is 29.7 Å². The Bertz CT molecular complexity index is 1970. The number of aliphatic carboxylic acids is 1. The molecule has 0 aliphatic carbocycles. The molecule has 6 unspecified atom stereocenters. The number of nitrogens with zero attached hydrogens (tertiary/aromatic N) is 6. The van der Waals surface area contributed by atoms with Gasteiger partial charge in [0.1, 0.15) is 54.0 Å². The van der Waals surface area contributed by atoms with E-state index >= 15 is 0 Å². The molecule has 27 heteroatoms. The largest absolute Gasteiger partial charge is 0.480 e. The Balaban J connectivity index is 0.000000369. The van der Waals surface area contributed by atoms with E-state index in [1.165, 1.54) is 24.9 Å². The normalized spacial score (nSPS) is 22.9. The van der Waals surface area contributed by atoms with Gasteiger partial charge in [-0.3, -0.25) is 22.7 Å². The fourth-order valence-corrected chi connectivity index (χ4v) is 6.77. The van der Waals surface area contributed by atoms with E-state index in [9.17, 15) is 28.4 Å². The zero-order valence-corrected chi connectivity index (χ0v) is 32.3. The fraction of sp³-hybridized carbons (Fsp3) is 0.621. The fourth-order valence-electron chi connectivity index (χ4n) is 5.45. The summed E-state index contributed by atoms with van der Waals surface area (Å²) in [6.07, 6.45) is 0.452. The maximum atomic E-state index is 12.8. The van der Waals surface area contributed by atoms with Gasteiger partial charge < -0.3 is 56.5 Å². The van der Waals surface area contributed by atoms with Crippen LogP contribution < -0.4 is 28.2 Å². The lowest BCUT2D eigenvalue weighted by atomic mass is 10.1.